The lowest BCUT2D eigenvalue weighted by Crippen LogP contribution is -2.20. The Morgan fingerprint density at radius 3 is 3.19 bits per heavy atom. The Kier molecular flexibility index (Phi) is 3.34. The molecular formula is C12H14ClNO2. The number of hydrogen-bond acceptors (Lipinski definition) is 3. The Labute approximate surface area is 99.7 Å². The summed E-state index contributed by atoms with van der Waals surface area (Å²) in [5.41, 5.74) is 2.08. The van der Waals surface area contributed by atoms with E-state index in [1.54, 1.807) is 0 Å². The van der Waals surface area contributed by atoms with E-state index in [1.807, 2.05) is 18.2 Å². The summed E-state index contributed by atoms with van der Waals surface area (Å²) in [6.45, 7) is 0.870. The maximum absolute atomic E-state index is 11.3. The standard InChI is InChI=1S/C12H14ClNO2/c1-16-11(15)7-8-5-6-14-10-4-2-3-9(13)12(8)10/h2-4,8,14H,5-7H2,1H3. The second kappa shape index (κ2) is 4.74. The lowest BCUT2D eigenvalue weighted by Gasteiger charge is -2.26. The van der Waals surface area contributed by atoms with Gasteiger partial charge in [-0.1, -0.05) is 17.7 Å². The summed E-state index contributed by atoms with van der Waals surface area (Å²) in [4.78, 5) is 11.3. The molecule has 0 amide bonds. The van der Waals surface area contributed by atoms with E-state index >= 15 is 0 Å². The molecule has 1 heterocycles. The summed E-state index contributed by atoms with van der Waals surface area (Å²) >= 11 is 6.17. The van der Waals surface area contributed by atoms with E-state index in [-0.39, 0.29) is 11.9 Å². The number of benzene rings is 1. The van der Waals surface area contributed by atoms with Crippen LogP contribution >= 0.6 is 11.6 Å². The lowest BCUT2D eigenvalue weighted by molar-refractivity contribution is -0.141. The van der Waals surface area contributed by atoms with Gasteiger partial charge in [0.2, 0.25) is 0 Å². The quantitative estimate of drug-likeness (QED) is 0.807. The molecule has 4 heteroatoms. The fourth-order valence-corrected chi connectivity index (χ4v) is 2.45. The van der Waals surface area contributed by atoms with Gasteiger partial charge < -0.3 is 10.1 Å². The van der Waals surface area contributed by atoms with E-state index in [1.165, 1.54) is 7.11 Å². The first kappa shape index (κ1) is 11.3. The van der Waals surface area contributed by atoms with Crippen LogP contribution in [-0.4, -0.2) is 19.6 Å². The Bertz CT molecular complexity index is 406. The number of halogens is 1. The van der Waals surface area contributed by atoms with Gasteiger partial charge in [0.05, 0.1) is 13.5 Å². The summed E-state index contributed by atoms with van der Waals surface area (Å²) in [7, 11) is 1.41. The molecule has 0 bridgehead atoms. The van der Waals surface area contributed by atoms with Crippen molar-refractivity contribution in [3.05, 3.63) is 28.8 Å². The predicted molar refractivity (Wildman–Crippen MR) is 63.9 cm³/mol. The van der Waals surface area contributed by atoms with Crippen molar-refractivity contribution in [2.24, 2.45) is 0 Å². The highest BCUT2D eigenvalue weighted by atomic mass is 35.5. The van der Waals surface area contributed by atoms with Crippen LogP contribution < -0.4 is 5.32 Å². The van der Waals surface area contributed by atoms with Crippen LogP contribution in [0, 0.1) is 0 Å². The van der Waals surface area contributed by atoms with Gasteiger partial charge in [0.25, 0.3) is 0 Å². The third kappa shape index (κ3) is 2.14. The minimum absolute atomic E-state index is 0.164. The molecule has 1 unspecified atom stereocenters. The lowest BCUT2D eigenvalue weighted by atomic mass is 9.88. The molecule has 1 aromatic carbocycles. The van der Waals surface area contributed by atoms with E-state index in [2.05, 4.69) is 5.32 Å². The summed E-state index contributed by atoms with van der Waals surface area (Å²) in [6, 6.07) is 5.76. The van der Waals surface area contributed by atoms with Crippen molar-refractivity contribution in [3.8, 4) is 0 Å². The van der Waals surface area contributed by atoms with Crippen molar-refractivity contribution >= 4 is 23.3 Å². The Morgan fingerprint density at radius 1 is 1.62 bits per heavy atom. The fraction of sp³-hybridized carbons (Fsp3) is 0.417. The Morgan fingerprint density at radius 2 is 2.44 bits per heavy atom. The largest absolute Gasteiger partial charge is 0.469 e. The molecule has 0 saturated carbocycles. The number of rotatable bonds is 2. The van der Waals surface area contributed by atoms with Crippen molar-refractivity contribution in [1.29, 1.82) is 0 Å². The van der Waals surface area contributed by atoms with Gasteiger partial charge in [0.15, 0.2) is 0 Å². The summed E-state index contributed by atoms with van der Waals surface area (Å²) in [5, 5.41) is 4.01. The zero-order valence-corrected chi connectivity index (χ0v) is 9.88. The van der Waals surface area contributed by atoms with Crippen LogP contribution in [0.4, 0.5) is 5.69 Å². The van der Waals surface area contributed by atoms with Crippen LogP contribution in [0.2, 0.25) is 5.02 Å². The molecule has 3 nitrogen and oxygen atoms in total. The maximum atomic E-state index is 11.3. The first-order chi connectivity index (χ1) is 7.72. The van der Waals surface area contributed by atoms with Crippen molar-refractivity contribution < 1.29 is 9.53 Å². The van der Waals surface area contributed by atoms with Crippen molar-refractivity contribution in [2.45, 2.75) is 18.8 Å². The number of nitrogens with one attached hydrogen (secondary N) is 1. The van der Waals surface area contributed by atoms with Gasteiger partial charge in [0.1, 0.15) is 0 Å². The smallest absolute Gasteiger partial charge is 0.306 e. The molecule has 1 aliphatic rings. The highest BCUT2D eigenvalue weighted by Crippen LogP contribution is 2.38. The number of ether oxygens (including phenoxy) is 1. The molecule has 2 rings (SSSR count). The molecule has 0 saturated heterocycles. The summed E-state index contributed by atoms with van der Waals surface area (Å²) in [5.74, 6) is -0.0184. The molecule has 1 aliphatic heterocycles. The van der Waals surface area contributed by atoms with E-state index in [0.717, 1.165) is 29.2 Å². The van der Waals surface area contributed by atoms with Crippen LogP contribution in [0.1, 0.15) is 24.3 Å². The van der Waals surface area contributed by atoms with Crippen LogP contribution in [0.25, 0.3) is 0 Å². The molecule has 0 fully saturated rings. The van der Waals surface area contributed by atoms with E-state index in [4.69, 9.17) is 16.3 Å². The van der Waals surface area contributed by atoms with Gasteiger partial charge in [-0.3, -0.25) is 4.79 Å². The molecule has 0 aliphatic carbocycles. The molecule has 1 aromatic rings. The van der Waals surface area contributed by atoms with Crippen LogP contribution in [0.3, 0.4) is 0 Å². The SMILES string of the molecule is COC(=O)CC1CCNc2cccc(Cl)c21. The van der Waals surface area contributed by atoms with Gasteiger partial charge in [0, 0.05) is 17.3 Å². The third-order valence-corrected chi connectivity index (χ3v) is 3.24. The van der Waals surface area contributed by atoms with Crippen molar-refractivity contribution in [3.63, 3.8) is 0 Å². The van der Waals surface area contributed by atoms with Gasteiger partial charge >= 0.3 is 5.97 Å². The minimum Gasteiger partial charge on any atom is -0.469 e. The first-order valence-corrected chi connectivity index (χ1v) is 5.69. The molecular weight excluding hydrogens is 226 g/mol. The Hall–Kier alpha value is -1.22. The average molecular weight is 240 g/mol. The number of carbonyl (C=O) groups is 1. The van der Waals surface area contributed by atoms with Crippen molar-refractivity contribution in [2.75, 3.05) is 19.0 Å². The molecule has 0 aromatic heterocycles. The van der Waals surface area contributed by atoms with Crippen LogP contribution in [0.15, 0.2) is 18.2 Å². The topological polar surface area (TPSA) is 38.3 Å². The van der Waals surface area contributed by atoms with E-state index < -0.39 is 0 Å². The van der Waals surface area contributed by atoms with Gasteiger partial charge in [-0.15, -0.1) is 0 Å². The highest BCUT2D eigenvalue weighted by molar-refractivity contribution is 6.31. The van der Waals surface area contributed by atoms with E-state index in [0.29, 0.717) is 6.42 Å². The zero-order valence-electron chi connectivity index (χ0n) is 9.13. The molecule has 0 radical (unpaired) electrons. The number of carbonyl (C=O) groups excluding carboxylic acids is 1. The number of hydrogen-bond donors (Lipinski definition) is 1. The number of esters is 1. The summed E-state index contributed by atoms with van der Waals surface area (Å²) < 4.78 is 4.71. The van der Waals surface area contributed by atoms with Gasteiger partial charge in [-0.2, -0.15) is 0 Å². The van der Waals surface area contributed by atoms with Crippen LogP contribution in [-0.2, 0) is 9.53 Å². The molecule has 1 N–H and O–H groups in total. The average Bonchev–Trinajstić information content (AvgIpc) is 2.29. The molecule has 86 valence electrons. The second-order valence-electron chi connectivity index (χ2n) is 3.89. The fourth-order valence-electron chi connectivity index (χ4n) is 2.12. The van der Waals surface area contributed by atoms with Crippen LogP contribution in [0.5, 0.6) is 0 Å². The molecule has 16 heavy (non-hydrogen) atoms. The highest BCUT2D eigenvalue weighted by Gasteiger charge is 2.24. The minimum atomic E-state index is -0.183. The Balaban J connectivity index is 2.28. The number of methoxy groups -OCH3 is 1. The normalized spacial score (nSPS) is 18.5. The van der Waals surface area contributed by atoms with E-state index in [9.17, 15) is 4.79 Å². The summed E-state index contributed by atoms with van der Waals surface area (Å²) in [6.07, 6.45) is 1.31. The first-order valence-electron chi connectivity index (χ1n) is 5.31. The third-order valence-electron chi connectivity index (χ3n) is 2.91. The molecule has 0 spiro atoms. The molecule has 1 atom stereocenters. The van der Waals surface area contributed by atoms with Gasteiger partial charge in [-0.25, -0.2) is 0 Å². The maximum Gasteiger partial charge on any atom is 0.306 e. The zero-order chi connectivity index (χ0) is 11.5. The monoisotopic (exact) mass is 239 g/mol. The van der Waals surface area contributed by atoms with Crippen molar-refractivity contribution in [1.82, 2.24) is 0 Å². The predicted octanol–water partition coefficient (Wildman–Crippen LogP) is 2.80. The number of fused-ring (bicyclic) bond motifs is 1. The van der Waals surface area contributed by atoms with Gasteiger partial charge in [-0.05, 0) is 30.0 Å². The second-order valence-corrected chi connectivity index (χ2v) is 4.30. The number of anilines is 1.